The maximum atomic E-state index is 11.8. The van der Waals surface area contributed by atoms with Crippen LogP contribution in [0.25, 0.3) is 11.2 Å². The van der Waals surface area contributed by atoms with E-state index in [1.807, 2.05) is 0 Å². The number of nitrogens with zero attached hydrogens (tertiary/aromatic N) is 3. The minimum absolute atomic E-state index is 0.0230. The van der Waals surface area contributed by atoms with Gasteiger partial charge in [0.2, 0.25) is 5.95 Å². The van der Waals surface area contributed by atoms with E-state index in [-0.39, 0.29) is 29.2 Å². The average Bonchev–Trinajstić information content (AvgIpc) is 2.65. The molecule has 4 N–H and O–H groups in total. The maximum absolute atomic E-state index is 11.8. The van der Waals surface area contributed by atoms with Gasteiger partial charge < -0.3 is 16.1 Å². The van der Waals surface area contributed by atoms with Gasteiger partial charge in [-0.1, -0.05) is 5.92 Å². The van der Waals surface area contributed by atoms with Crippen LogP contribution in [0.3, 0.4) is 0 Å². The number of rotatable bonds is 2. The number of fused-ring (bicyclic) bond motifs is 1. The van der Waals surface area contributed by atoms with Gasteiger partial charge in [-0.2, -0.15) is 9.66 Å². The third-order valence-corrected chi connectivity index (χ3v) is 1.83. The predicted molar refractivity (Wildman–Crippen MR) is 55.6 cm³/mol. The van der Waals surface area contributed by atoms with E-state index in [0.717, 1.165) is 4.68 Å². The Balaban J connectivity index is 2.63. The minimum Gasteiger partial charge on any atom is -0.368 e. The number of nitrogens with two attached hydrogens (primary N) is 1. The molecule has 0 unspecified atom stereocenters. The molecule has 0 amide bonds. The Morgan fingerprint density at radius 2 is 2.53 bits per heavy atom. The summed E-state index contributed by atoms with van der Waals surface area (Å²) in [5.74, 6) is 2.36. The van der Waals surface area contributed by atoms with Crippen molar-refractivity contribution in [1.29, 1.82) is 0 Å². The fraction of sp³-hybridized carbons (Fsp3) is 0.125. The van der Waals surface area contributed by atoms with Crippen LogP contribution in [0.5, 0.6) is 0 Å². The Morgan fingerprint density at radius 1 is 1.73 bits per heavy atom. The van der Waals surface area contributed by atoms with E-state index in [2.05, 4.69) is 26.3 Å². The van der Waals surface area contributed by atoms with E-state index in [1.54, 1.807) is 0 Å². The van der Waals surface area contributed by atoms with Crippen molar-refractivity contribution in [1.82, 2.24) is 19.6 Å². The Labute approximate surface area is 84.3 Å². The molecule has 0 saturated heterocycles. The number of aromatic nitrogens is 4. The van der Waals surface area contributed by atoms with Crippen molar-refractivity contribution < 1.29 is 0 Å². The van der Waals surface area contributed by atoms with Crippen LogP contribution in [-0.4, -0.2) is 26.2 Å². The van der Waals surface area contributed by atoms with E-state index < -0.39 is 0 Å². The first kappa shape index (κ1) is 9.08. The zero-order valence-electron chi connectivity index (χ0n) is 7.69. The summed E-state index contributed by atoms with van der Waals surface area (Å²) in [5, 5.41) is 0. The number of anilines is 1. The zero-order chi connectivity index (χ0) is 10.8. The van der Waals surface area contributed by atoms with Gasteiger partial charge in [-0.05, 0) is 0 Å². The van der Waals surface area contributed by atoms with Crippen molar-refractivity contribution in [2.24, 2.45) is 0 Å². The fourth-order valence-electron chi connectivity index (χ4n) is 1.18. The molecule has 0 aromatic carbocycles. The third kappa shape index (κ3) is 1.38. The van der Waals surface area contributed by atoms with E-state index in [1.165, 1.54) is 6.33 Å². The van der Waals surface area contributed by atoms with Crippen LogP contribution in [0.4, 0.5) is 5.95 Å². The quantitative estimate of drug-likeness (QED) is 0.538. The molecule has 0 bridgehead atoms. The lowest BCUT2D eigenvalue weighted by Crippen LogP contribution is -2.32. The molecule has 0 saturated carbocycles. The lowest BCUT2D eigenvalue weighted by molar-refractivity contribution is 0.847. The van der Waals surface area contributed by atoms with Gasteiger partial charge in [0.05, 0.1) is 12.9 Å². The highest BCUT2D eigenvalue weighted by atomic mass is 16.1. The second-order valence-corrected chi connectivity index (χ2v) is 2.75. The summed E-state index contributed by atoms with van der Waals surface area (Å²) in [6.45, 7) is 0.186. The van der Waals surface area contributed by atoms with Crippen molar-refractivity contribution >= 4 is 17.1 Å². The molecule has 2 heterocycles. The molecule has 2 aromatic rings. The van der Waals surface area contributed by atoms with Gasteiger partial charge in [-0.25, -0.2) is 4.98 Å². The van der Waals surface area contributed by atoms with Gasteiger partial charge in [-0.15, -0.1) is 6.42 Å². The highest BCUT2D eigenvalue weighted by molar-refractivity contribution is 5.69. The molecule has 0 aliphatic heterocycles. The second kappa shape index (κ2) is 3.34. The maximum Gasteiger partial charge on any atom is 0.299 e. The van der Waals surface area contributed by atoms with Crippen molar-refractivity contribution in [2.75, 3.05) is 17.7 Å². The SMILES string of the molecule is C#CCNn1c(N)nc2nc[nH]c2c1=O. The lowest BCUT2D eigenvalue weighted by Gasteiger charge is -2.07. The summed E-state index contributed by atoms with van der Waals surface area (Å²) in [4.78, 5) is 22.2. The molecule has 7 nitrogen and oxygen atoms in total. The van der Waals surface area contributed by atoms with E-state index >= 15 is 0 Å². The Morgan fingerprint density at radius 3 is 3.27 bits per heavy atom. The fourth-order valence-corrected chi connectivity index (χ4v) is 1.18. The van der Waals surface area contributed by atoms with E-state index in [0.29, 0.717) is 0 Å². The average molecular weight is 204 g/mol. The van der Waals surface area contributed by atoms with Crippen LogP contribution < -0.4 is 16.7 Å². The topological polar surface area (TPSA) is 102 Å². The molecule has 0 atom stereocenters. The molecular formula is C8H8N6O. The molecular weight excluding hydrogens is 196 g/mol. The van der Waals surface area contributed by atoms with Crippen LogP contribution >= 0.6 is 0 Å². The number of aromatic amines is 1. The normalized spacial score (nSPS) is 10.1. The summed E-state index contributed by atoms with van der Waals surface area (Å²) in [7, 11) is 0. The molecule has 0 aliphatic rings. The minimum atomic E-state index is -0.356. The first-order valence-corrected chi connectivity index (χ1v) is 4.13. The molecule has 2 rings (SSSR count). The summed E-state index contributed by atoms with van der Waals surface area (Å²) in [6, 6.07) is 0. The second-order valence-electron chi connectivity index (χ2n) is 2.75. The number of H-pyrrole nitrogens is 1. The Hall–Kier alpha value is -2.49. The highest BCUT2D eigenvalue weighted by Gasteiger charge is 2.09. The lowest BCUT2D eigenvalue weighted by atomic mass is 10.5. The monoisotopic (exact) mass is 204 g/mol. The molecule has 15 heavy (non-hydrogen) atoms. The summed E-state index contributed by atoms with van der Waals surface area (Å²) in [5.41, 5.74) is 8.42. The standard InChI is InChI=1S/C8H8N6O/c1-2-3-12-14-7(15)5-6(11-4-10-5)13-8(14)9/h1,4,12H,3H2,(H2,9,13)(H,10,11). The molecule has 0 spiro atoms. The number of terminal acetylenes is 1. The number of hydrogen-bond acceptors (Lipinski definition) is 5. The van der Waals surface area contributed by atoms with E-state index in [9.17, 15) is 4.79 Å². The van der Waals surface area contributed by atoms with Crippen LogP contribution in [-0.2, 0) is 0 Å². The Bertz CT molecular complexity index is 589. The Kier molecular flexibility index (Phi) is 2.02. The predicted octanol–water partition coefficient (Wildman–Crippen LogP) is -1.12. The van der Waals surface area contributed by atoms with Crippen molar-refractivity contribution in [3.63, 3.8) is 0 Å². The highest BCUT2D eigenvalue weighted by Crippen LogP contribution is 2.01. The van der Waals surface area contributed by atoms with Crippen LogP contribution in [0.1, 0.15) is 0 Å². The summed E-state index contributed by atoms with van der Waals surface area (Å²) in [6.07, 6.45) is 6.44. The summed E-state index contributed by atoms with van der Waals surface area (Å²) < 4.78 is 1.08. The number of nitrogens with one attached hydrogen (secondary N) is 2. The van der Waals surface area contributed by atoms with Crippen molar-refractivity contribution in [3.8, 4) is 12.3 Å². The zero-order valence-corrected chi connectivity index (χ0v) is 7.69. The van der Waals surface area contributed by atoms with Gasteiger partial charge in [0, 0.05) is 0 Å². The molecule has 0 fully saturated rings. The van der Waals surface area contributed by atoms with Crippen LogP contribution in [0, 0.1) is 12.3 Å². The van der Waals surface area contributed by atoms with Crippen LogP contribution in [0.15, 0.2) is 11.1 Å². The molecule has 0 radical (unpaired) electrons. The summed E-state index contributed by atoms with van der Waals surface area (Å²) >= 11 is 0. The molecule has 76 valence electrons. The van der Waals surface area contributed by atoms with Gasteiger partial charge >= 0.3 is 0 Å². The molecule has 7 heteroatoms. The first-order valence-electron chi connectivity index (χ1n) is 4.13. The van der Waals surface area contributed by atoms with Gasteiger partial charge in [-0.3, -0.25) is 4.79 Å². The van der Waals surface area contributed by atoms with Gasteiger partial charge in [0.15, 0.2) is 11.2 Å². The molecule has 2 aromatic heterocycles. The van der Waals surface area contributed by atoms with Crippen molar-refractivity contribution in [3.05, 3.63) is 16.7 Å². The number of nitrogen functional groups attached to an aromatic ring is 1. The first-order chi connectivity index (χ1) is 7.24. The van der Waals surface area contributed by atoms with Gasteiger partial charge in [0.1, 0.15) is 0 Å². The van der Waals surface area contributed by atoms with Gasteiger partial charge in [0.25, 0.3) is 5.56 Å². The largest absolute Gasteiger partial charge is 0.368 e. The van der Waals surface area contributed by atoms with E-state index in [4.69, 9.17) is 12.2 Å². The number of imidazole rings is 1. The van der Waals surface area contributed by atoms with Crippen LogP contribution in [0.2, 0.25) is 0 Å². The number of hydrogen-bond donors (Lipinski definition) is 3. The molecule has 0 aliphatic carbocycles. The van der Waals surface area contributed by atoms with Crippen molar-refractivity contribution in [2.45, 2.75) is 0 Å². The smallest absolute Gasteiger partial charge is 0.299 e. The third-order valence-electron chi connectivity index (χ3n) is 1.83.